The first-order valence-corrected chi connectivity index (χ1v) is 12.0. The molecule has 180 valence electrons. The lowest BCUT2D eigenvalue weighted by atomic mass is 9.84. The first kappa shape index (κ1) is 23.8. The summed E-state index contributed by atoms with van der Waals surface area (Å²) in [4.78, 5) is 38.2. The molecule has 2 amide bonds. The van der Waals surface area contributed by atoms with Gasteiger partial charge in [0.25, 0.3) is 0 Å². The van der Waals surface area contributed by atoms with Crippen molar-refractivity contribution in [2.75, 3.05) is 13.2 Å². The lowest BCUT2D eigenvalue weighted by Gasteiger charge is -2.34. The van der Waals surface area contributed by atoms with Gasteiger partial charge in [0.2, 0.25) is 5.91 Å². The van der Waals surface area contributed by atoms with Crippen LogP contribution in [0.2, 0.25) is 0 Å². The van der Waals surface area contributed by atoms with Crippen LogP contribution in [-0.4, -0.2) is 53.2 Å². The highest BCUT2D eigenvalue weighted by Gasteiger charge is 2.33. The Morgan fingerprint density at radius 1 is 1.03 bits per heavy atom. The highest BCUT2D eigenvalue weighted by molar-refractivity contribution is 5.83. The zero-order valence-electron chi connectivity index (χ0n) is 19.7. The smallest absolute Gasteiger partial charge is 0.407 e. The molecule has 34 heavy (non-hydrogen) atoms. The molecule has 0 bridgehead atoms. The summed E-state index contributed by atoms with van der Waals surface area (Å²) in [7, 11) is 0. The Balaban J connectivity index is 1.35. The number of nitrogens with one attached hydrogen (secondary N) is 1. The Labute approximate surface area is 200 Å². The van der Waals surface area contributed by atoms with E-state index in [1.807, 2.05) is 38.1 Å². The van der Waals surface area contributed by atoms with Crippen LogP contribution in [0.4, 0.5) is 4.79 Å². The zero-order valence-corrected chi connectivity index (χ0v) is 19.7. The van der Waals surface area contributed by atoms with Crippen LogP contribution in [-0.2, 0) is 14.3 Å². The molecule has 0 aliphatic heterocycles. The zero-order chi connectivity index (χ0) is 24.2. The Morgan fingerprint density at radius 3 is 2.24 bits per heavy atom. The first-order valence-electron chi connectivity index (χ1n) is 12.0. The minimum absolute atomic E-state index is 0.00514. The van der Waals surface area contributed by atoms with Crippen molar-refractivity contribution in [3.05, 3.63) is 59.7 Å². The topological polar surface area (TPSA) is 95.9 Å². The van der Waals surface area contributed by atoms with E-state index in [4.69, 9.17) is 9.84 Å². The third-order valence-corrected chi connectivity index (χ3v) is 6.90. The van der Waals surface area contributed by atoms with Crippen LogP contribution in [0, 0.1) is 5.92 Å². The number of hydrogen-bond donors (Lipinski definition) is 2. The summed E-state index contributed by atoms with van der Waals surface area (Å²) >= 11 is 0. The number of carbonyl (C=O) groups is 3. The second-order valence-electron chi connectivity index (χ2n) is 9.48. The molecule has 0 heterocycles. The van der Waals surface area contributed by atoms with Crippen LogP contribution >= 0.6 is 0 Å². The van der Waals surface area contributed by atoms with Crippen LogP contribution in [0.5, 0.6) is 0 Å². The predicted octanol–water partition coefficient (Wildman–Crippen LogP) is 4.41. The average Bonchev–Trinajstić information content (AvgIpc) is 3.14. The first-order chi connectivity index (χ1) is 16.3. The molecule has 2 atom stereocenters. The van der Waals surface area contributed by atoms with E-state index in [1.165, 1.54) is 16.0 Å². The number of alkyl carbamates (subject to hydrolysis) is 1. The fraction of sp³-hybridized carbons (Fsp3) is 0.444. The number of ether oxygens (including phenoxy) is 1. The molecule has 0 spiro atoms. The third kappa shape index (κ3) is 5.08. The molecule has 0 radical (unpaired) electrons. The number of aliphatic carboxylic acids is 1. The molecule has 4 rings (SSSR count). The van der Waals surface area contributed by atoms with Crippen molar-refractivity contribution in [2.24, 2.45) is 5.92 Å². The second-order valence-corrected chi connectivity index (χ2v) is 9.48. The monoisotopic (exact) mass is 464 g/mol. The van der Waals surface area contributed by atoms with Gasteiger partial charge in [0.05, 0.1) is 0 Å². The highest BCUT2D eigenvalue weighted by Crippen LogP contribution is 2.44. The summed E-state index contributed by atoms with van der Waals surface area (Å²) in [6.45, 7) is 3.57. The third-order valence-electron chi connectivity index (χ3n) is 6.90. The number of amides is 2. The van der Waals surface area contributed by atoms with Crippen LogP contribution in [0.15, 0.2) is 48.5 Å². The molecule has 1 saturated carbocycles. The number of benzene rings is 2. The van der Waals surface area contributed by atoms with Crippen molar-refractivity contribution in [3.63, 3.8) is 0 Å². The number of fused-ring (bicyclic) bond motifs is 3. The molecular formula is C27H32N2O5. The Kier molecular flexibility index (Phi) is 7.20. The Bertz CT molecular complexity index is 1020. The van der Waals surface area contributed by atoms with E-state index in [9.17, 15) is 14.4 Å². The molecule has 2 aliphatic rings. The number of carboxylic acids is 1. The van der Waals surface area contributed by atoms with E-state index in [-0.39, 0.29) is 43.0 Å². The molecule has 1 fully saturated rings. The summed E-state index contributed by atoms with van der Waals surface area (Å²) < 4.78 is 5.65. The average molecular weight is 465 g/mol. The van der Waals surface area contributed by atoms with Crippen LogP contribution in [0.3, 0.4) is 0 Å². The van der Waals surface area contributed by atoms with Gasteiger partial charge in [0.15, 0.2) is 0 Å². The maximum Gasteiger partial charge on any atom is 0.407 e. The lowest BCUT2D eigenvalue weighted by molar-refractivity contribution is -0.148. The summed E-state index contributed by atoms with van der Waals surface area (Å²) in [5.41, 5.74) is 4.67. The summed E-state index contributed by atoms with van der Waals surface area (Å²) in [6, 6.07) is 16.0. The molecule has 2 aromatic rings. The number of carbonyl (C=O) groups excluding carboxylic acids is 2. The molecule has 0 unspecified atom stereocenters. The van der Waals surface area contributed by atoms with Gasteiger partial charge in [-0.2, -0.15) is 0 Å². The van der Waals surface area contributed by atoms with Crippen LogP contribution in [0.25, 0.3) is 11.1 Å². The molecule has 2 aliphatic carbocycles. The summed E-state index contributed by atoms with van der Waals surface area (Å²) in [6.07, 6.45) is 2.28. The maximum atomic E-state index is 13.0. The number of carboxylic acid groups (broad SMARTS) is 1. The van der Waals surface area contributed by atoms with Crippen molar-refractivity contribution in [2.45, 2.75) is 57.5 Å². The van der Waals surface area contributed by atoms with Crippen molar-refractivity contribution in [3.8, 4) is 11.1 Å². The maximum absolute atomic E-state index is 13.0. The molecule has 0 aromatic heterocycles. The van der Waals surface area contributed by atoms with E-state index >= 15 is 0 Å². The molecular weight excluding hydrogens is 432 g/mol. The van der Waals surface area contributed by atoms with Gasteiger partial charge in [-0.1, -0.05) is 55.0 Å². The van der Waals surface area contributed by atoms with Gasteiger partial charge in [-0.05, 0) is 55.4 Å². The SMILES string of the molecule is CC(C)N(CC(=O)O)C(=O)[C@@H]1CCC[C@@H](NC(=O)OCC2c3ccccc3-c3ccccc32)C1. The fourth-order valence-electron chi connectivity index (χ4n) is 5.25. The molecule has 2 N–H and O–H groups in total. The fourth-order valence-corrected chi connectivity index (χ4v) is 5.25. The Hall–Kier alpha value is -3.35. The minimum atomic E-state index is -1.02. The summed E-state index contributed by atoms with van der Waals surface area (Å²) in [5.74, 6) is -1.48. The molecule has 2 aromatic carbocycles. The standard InChI is InChI=1S/C27H32N2O5/c1-17(2)29(15-25(30)31)26(32)18-8-7-9-19(14-18)28-27(33)34-16-24-22-12-5-3-10-20(22)21-11-4-6-13-23(21)24/h3-6,10-13,17-19,24H,7-9,14-16H2,1-2H3,(H,28,33)(H,30,31)/t18-,19-/m1/s1. The van der Waals surface area contributed by atoms with E-state index < -0.39 is 12.1 Å². The van der Waals surface area contributed by atoms with Gasteiger partial charge in [0, 0.05) is 23.9 Å². The molecule has 7 nitrogen and oxygen atoms in total. The van der Waals surface area contributed by atoms with E-state index in [0.29, 0.717) is 12.8 Å². The normalized spacial score (nSPS) is 19.3. The van der Waals surface area contributed by atoms with Crippen molar-refractivity contribution in [1.29, 1.82) is 0 Å². The van der Waals surface area contributed by atoms with E-state index in [1.54, 1.807) is 0 Å². The lowest BCUT2D eigenvalue weighted by Crippen LogP contribution is -2.47. The molecule has 0 saturated heterocycles. The van der Waals surface area contributed by atoms with Gasteiger partial charge in [-0.15, -0.1) is 0 Å². The van der Waals surface area contributed by atoms with Gasteiger partial charge in [-0.3, -0.25) is 9.59 Å². The number of hydrogen-bond acceptors (Lipinski definition) is 4. The second kappa shape index (κ2) is 10.3. The minimum Gasteiger partial charge on any atom is -0.480 e. The van der Waals surface area contributed by atoms with Gasteiger partial charge in [-0.25, -0.2) is 4.79 Å². The quantitative estimate of drug-likeness (QED) is 0.633. The number of rotatable bonds is 7. The van der Waals surface area contributed by atoms with E-state index in [2.05, 4.69) is 29.6 Å². The Morgan fingerprint density at radius 2 is 1.65 bits per heavy atom. The highest BCUT2D eigenvalue weighted by atomic mass is 16.5. The van der Waals surface area contributed by atoms with Gasteiger partial charge >= 0.3 is 12.1 Å². The number of nitrogens with zero attached hydrogens (tertiary/aromatic N) is 1. The predicted molar refractivity (Wildman–Crippen MR) is 128 cm³/mol. The van der Waals surface area contributed by atoms with E-state index in [0.717, 1.165) is 24.0 Å². The van der Waals surface area contributed by atoms with Crippen molar-refractivity contribution < 1.29 is 24.2 Å². The summed E-state index contributed by atoms with van der Waals surface area (Å²) in [5, 5.41) is 12.1. The molecule has 7 heteroatoms. The van der Waals surface area contributed by atoms with Crippen molar-refractivity contribution in [1.82, 2.24) is 10.2 Å². The van der Waals surface area contributed by atoms with Crippen LogP contribution in [0.1, 0.15) is 56.6 Å². The van der Waals surface area contributed by atoms with Crippen molar-refractivity contribution >= 4 is 18.0 Å². The van der Waals surface area contributed by atoms with Crippen LogP contribution < -0.4 is 5.32 Å². The van der Waals surface area contributed by atoms with Gasteiger partial charge in [0.1, 0.15) is 13.2 Å². The van der Waals surface area contributed by atoms with Gasteiger partial charge < -0.3 is 20.1 Å². The largest absolute Gasteiger partial charge is 0.480 e.